The van der Waals surface area contributed by atoms with Gasteiger partial charge in [0, 0.05) is 24.5 Å². The maximum Gasteiger partial charge on any atom is 0.0953 e. The molecule has 1 aromatic heterocycles. The van der Waals surface area contributed by atoms with E-state index in [4.69, 9.17) is 0 Å². The van der Waals surface area contributed by atoms with Gasteiger partial charge in [0.05, 0.1) is 10.6 Å². The molecule has 0 amide bonds. The molecule has 3 nitrogen and oxygen atoms in total. The van der Waals surface area contributed by atoms with Crippen LogP contribution in [0.1, 0.15) is 24.3 Å². The van der Waals surface area contributed by atoms with Crippen LogP contribution in [0.2, 0.25) is 0 Å². The Morgan fingerprint density at radius 1 is 1.53 bits per heavy atom. The highest BCUT2D eigenvalue weighted by atomic mass is 32.1. The van der Waals surface area contributed by atoms with Gasteiger partial charge in [0.1, 0.15) is 0 Å². The fourth-order valence-electron chi connectivity index (χ4n) is 2.11. The van der Waals surface area contributed by atoms with Gasteiger partial charge in [-0.3, -0.25) is 0 Å². The first kappa shape index (κ1) is 11.0. The van der Waals surface area contributed by atoms with Gasteiger partial charge in [0.2, 0.25) is 0 Å². The van der Waals surface area contributed by atoms with Crippen molar-refractivity contribution >= 4 is 11.3 Å². The van der Waals surface area contributed by atoms with Gasteiger partial charge < -0.3 is 10.0 Å². The van der Waals surface area contributed by atoms with Crippen LogP contribution < -0.4 is 0 Å². The Hall–Kier alpha value is -0.450. The molecule has 1 aliphatic heterocycles. The molecule has 1 N–H and O–H groups in total. The van der Waals surface area contributed by atoms with Crippen LogP contribution in [0.4, 0.5) is 0 Å². The normalized spacial score (nSPS) is 28.9. The fraction of sp³-hybridized carbons (Fsp3) is 0.727. The SMILES string of the molecule is CN1CCCC(O)(Cc2nccs2)CC1. The minimum absolute atomic E-state index is 0.525. The highest BCUT2D eigenvalue weighted by Crippen LogP contribution is 2.26. The van der Waals surface area contributed by atoms with Gasteiger partial charge in [-0.25, -0.2) is 4.98 Å². The van der Waals surface area contributed by atoms with Gasteiger partial charge in [-0.05, 0) is 32.9 Å². The summed E-state index contributed by atoms with van der Waals surface area (Å²) in [5, 5.41) is 13.5. The van der Waals surface area contributed by atoms with Gasteiger partial charge in [0.15, 0.2) is 0 Å². The van der Waals surface area contributed by atoms with E-state index in [1.165, 1.54) is 0 Å². The van der Waals surface area contributed by atoms with Crippen LogP contribution >= 0.6 is 11.3 Å². The third-order valence-electron chi connectivity index (χ3n) is 3.10. The molecule has 84 valence electrons. The van der Waals surface area contributed by atoms with Crippen LogP contribution in [-0.2, 0) is 6.42 Å². The van der Waals surface area contributed by atoms with Gasteiger partial charge in [0.25, 0.3) is 0 Å². The average molecular weight is 226 g/mol. The van der Waals surface area contributed by atoms with Crippen LogP contribution in [0.5, 0.6) is 0 Å². The molecular weight excluding hydrogens is 208 g/mol. The summed E-state index contributed by atoms with van der Waals surface area (Å²) >= 11 is 1.64. The number of likely N-dealkylation sites (tertiary alicyclic amines) is 1. The fourth-order valence-corrected chi connectivity index (χ4v) is 2.86. The van der Waals surface area contributed by atoms with E-state index in [-0.39, 0.29) is 0 Å². The van der Waals surface area contributed by atoms with Crippen LogP contribution in [0.3, 0.4) is 0 Å². The van der Waals surface area contributed by atoms with Crippen molar-refractivity contribution in [2.75, 3.05) is 20.1 Å². The first-order valence-corrected chi connectivity index (χ1v) is 6.35. The Bertz CT molecular complexity index is 302. The lowest BCUT2D eigenvalue weighted by Crippen LogP contribution is -2.32. The van der Waals surface area contributed by atoms with E-state index in [9.17, 15) is 5.11 Å². The molecule has 0 radical (unpaired) electrons. The van der Waals surface area contributed by atoms with Crippen molar-refractivity contribution in [3.8, 4) is 0 Å². The molecule has 1 unspecified atom stereocenters. The first-order chi connectivity index (χ1) is 7.18. The molecule has 0 bridgehead atoms. The summed E-state index contributed by atoms with van der Waals surface area (Å²) in [6, 6.07) is 0. The van der Waals surface area contributed by atoms with E-state index in [1.54, 1.807) is 11.3 Å². The number of hydrogen-bond donors (Lipinski definition) is 1. The quantitative estimate of drug-likeness (QED) is 0.831. The predicted octanol–water partition coefficient (Wildman–Crippen LogP) is 1.53. The average Bonchev–Trinajstić information content (AvgIpc) is 2.61. The molecule has 0 aromatic carbocycles. The Labute approximate surface area is 94.8 Å². The van der Waals surface area contributed by atoms with E-state index in [0.29, 0.717) is 0 Å². The minimum atomic E-state index is -0.525. The monoisotopic (exact) mass is 226 g/mol. The zero-order chi connectivity index (χ0) is 10.7. The molecule has 0 aliphatic carbocycles. The maximum absolute atomic E-state index is 10.5. The highest BCUT2D eigenvalue weighted by molar-refractivity contribution is 7.09. The van der Waals surface area contributed by atoms with E-state index in [1.807, 2.05) is 11.6 Å². The lowest BCUT2D eigenvalue weighted by Gasteiger charge is -2.25. The molecule has 0 spiro atoms. The maximum atomic E-state index is 10.5. The molecule has 1 atom stereocenters. The van der Waals surface area contributed by atoms with Crippen LogP contribution in [0, 0.1) is 0 Å². The Balaban J connectivity index is 1.99. The molecule has 1 fully saturated rings. The number of rotatable bonds is 2. The summed E-state index contributed by atoms with van der Waals surface area (Å²) < 4.78 is 0. The second kappa shape index (κ2) is 4.60. The number of thiazole rings is 1. The van der Waals surface area contributed by atoms with E-state index in [2.05, 4.69) is 16.9 Å². The van der Waals surface area contributed by atoms with Gasteiger partial charge in [-0.15, -0.1) is 11.3 Å². The van der Waals surface area contributed by atoms with E-state index in [0.717, 1.165) is 43.8 Å². The van der Waals surface area contributed by atoms with Crippen LogP contribution in [0.25, 0.3) is 0 Å². The molecule has 15 heavy (non-hydrogen) atoms. The van der Waals surface area contributed by atoms with Crippen molar-refractivity contribution in [2.45, 2.75) is 31.3 Å². The highest BCUT2D eigenvalue weighted by Gasteiger charge is 2.30. The number of hydrogen-bond acceptors (Lipinski definition) is 4. The summed E-state index contributed by atoms with van der Waals surface area (Å²) in [7, 11) is 2.12. The van der Waals surface area contributed by atoms with Crippen molar-refractivity contribution in [1.82, 2.24) is 9.88 Å². The van der Waals surface area contributed by atoms with E-state index < -0.39 is 5.60 Å². The predicted molar refractivity (Wildman–Crippen MR) is 62.1 cm³/mol. The lowest BCUT2D eigenvalue weighted by atomic mass is 9.91. The second-order valence-corrected chi connectivity index (χ2v) is 5.46. The van der Waals surface area contributed by atoms with Crippen LogP contribution in [0.15, 0.2) is 11.6 Å². The number of aromatic nitrogens is 1. The third kappa shape index (κ3) is 3.00. The largest absolute Gasteiger partial charge is 0.389 e. The lowest BCUT2D eigenvalue weighted by molar-refractivity contribution is 0.0263. The third-order valence-corrected chi connectivity index (χ3v) is 3.88. The Morgan fingerprint density at radius 3 is 3.13 bits per heavy atom. The molecule has 2 rings (SSSR count). The molecular formula is C11H18N2OS. The molecule has 0 saturated carbocycles. The zero-order valence-corrected chi connectivity index (χ0v) is 9.96. The summed E-state index contributed by atoms with van der Waals surface area (Å²) in [5.41, 5.74) is -0.525. The van der Waals surface area contributed by atoms with Crippen LogP contribution in [-0.4, -0.2) is 40.7 Å². The minimum Gasteiger partial charge on any atom is -0.389 e. The first-order valence-electron chi connectivity index (χ1n) is 5.47. The molecule has 1 saturated heterocycles. The topological polar surface area (TPSA) is 36.4 Å². The van der Waals surface area contributed by atoms with E-state index >= 15 is 0 Å². The standard InChI is InChI=1S/C11H18N2OS/c1-13-6-2-3-11(14,4-7-13)9-10-12-5-8-15-10/h5,8,14H,2-4,6-7,9H2,1H3. The summed E-state index contributed by atoms with van der Waals surface area (Å²) in [5.74, 6) is 0. The Morgan fingerprint density at radius 2 is 2.40 bits per heavy atom. The molecule has 2 heterocycles. The van der Waals surface area contributed by atoms with Crippen molar-refractivity contribution in [3.05, 3.63) is 16.6 Å². The second-order valence-electron chi connectivity index (χ2n) is 4.48. The number of nitrogens with zero attached hydrogens (tertiary/aromatic N) is 2. The molecule has 4 heteroatoms. The van der Waals surface area contributed by atoms with Gasteiger partial charge in [-0.1, -0.05) is 0 Å². The van der Waals surface area contributed by atoms with Crippen molar-refractivity contribution < 1.29 is 5.11 Å². The molecule has 1 aliphatic rings. The smallest absolute Gasteiger partial charge is 0.0953 e. The van der Waals surface area contributed by atoms with Crippen molar-refractivity contribution in [1.29, 1.82) is 0 Å². The molecule has 1 aromatic rings. The zero-order valence-electron chi connectivity index (χ0n) is 9.15. The summed E-state index contributed by atoms with van der Waals surface area (Å²) in [4.78, 5) is 6.54. The summed E-state index contributed by atoms with van der Waals surface area (Å²) in [6.45, 7) is 2.09. The summed E-state index contributed by atoms with van der Waals surface area (Å²) in [6.07, 6.45) is 5.38. The number of aliphatic hydroxyl groups is 1. The van der Waals surface area contributed by atoms with Crippen molar-refractivity contribution in [2.24, 2.45) is 0 Å². The van der Waals surface area contributed by atoms with Crippen molar-refractivity contribution in [3.63, 3.8) is 0 Å². The van der Waals surface area contributed by atoms with Gasteiger partial charge >= 0.3 is 0 Å². The van der Waals surface area contributed by atoms with Gasteiger partial charge in [-0.2, -0.15) is 0 Å². The Kier molecular flexibility index (Phi) is 3.38.